The lowest BCUT2D eigenvalue weighted by molar-refractivity contribution is -0.142. The second kappa shape index (κ2) is 6.37. The zero-order chi connectivity index (χ0) is 12.0. The van der Waals surface area contributed by atoms with Gasteiger partial charge in [0.1, 0.15) is 0 Å². The van der Waals surface area contributed by atoms with Crippen molar-refractivity contribution in [2.24, 2.45) is 0 Å². The Morgan fingerprint density at radius 3 is 3.00 bits per heavy atom. The van der Waals surface area contributed by atoms with E-state index in [1.807, 2.05) is 12.1 Å². The second-order valence-electron chi connectivity index (χ2n) is 3.21. The van der Waals surface area contributed by atoms with Gasteiger partial charge in [-0.05, 0) is 25.1 Å². The first kappa shape index (κ1) is 12.8. The molecule has 0 spiro atoms. The van der Waals surface area contributed by atoms with E-state index in [9.17, 15) is 4.79 Å². The SMILES string of the molecule is CCOC(=O)CCNc1cc(Br)ccc1N. The number of nitrogen functional groups attached to an aromatic ring is 1. The highest BCUT2D eigenvalue weighted by Crippen LogP contribution is 2.22. The second-order valence-corrected chi connectivity index (χ2v) is 4.13. The van der Waals surface area contributed by atoms with Crippen LogP contribution in [0, 0.1) is 0 Å². The highest BCUT2D eigenvalue weighted by atomic mass is 79.9. The van der Waals surface area contributed by atoms with Crippen molar-refractivity contribution in [2.75, 3.05) is 24.2 Å². The molecule has 0 fully saturated rings. The summed E-state index contributed by atoms with van der Waals surface area (Å²) in [4.78, 5) is 11.1. The molecule has 0 aliphatic carbocycles. The van der Waals surface area contributed by atoms with Crippen molar-refractivity contribution in [3.05, 3.63) is 22.7 Å². The molecular weight excluding hydrogens is 272 g/mol. The molecule has 0 radical (unpaired) electrons. The predicted octanol–water partition coefficient (Wildman–Crippen LogP) is 2.40. The van der Waals surface area contributed by atoms with Crippen molar-refractivity contribution < 1.29 is 9.53 Å². The molecule has 5 heteroatoms. The summed E-state index contributed by atoms with van der Waals surface area (Å²) >= 11 is 3.35. The Balaban J connectivity index is 2.42. The third-order valence-electron chi connectivity index (χ3n) is 1.97. The Kier molecular flexibility index (Phi) is 5.11. The number of halogens is 1. The summed E-state index contributed by atoms with van der Waals surface area (Å²) in [6.07, 6.45) is 0.333. The van der Waals surface area contributed by atoms with Gasteiger partial charge in [0.05, 0.1) is 24.4 Å². The van der Waals surface area contributed by atoms with Crippen LogP contribution in [-0.2, 0) is 9.53 Å². The van der Waals surface area contributed by atoms with Gasteiger partial charge in [-0.25, -0.2) is 0 Å². The van der Waals surface area contributed by atoms with E-state index >= 15 is 0 Å². The number of hydrogen-bond acceptors (Lipinski definition) is 4. The topological polar surface area (TPSA) is 64.3 Å². The standard InChI is InChI=1S/C11H15BrN2O2/c1-2-16-11(15)5-6-14-10-7-8(12)3-4-9(10)13/h3-4,7,14H,2,5-6,13H2,1H3. The number of carbonyl (C=O) groups excluding carboxylic acids is 1. The minimum Gasteiger partial charge on any atom is -0.466 e. The largest absolute Gasteiger partial charge is 0.466 e. The van der Waals surface area contributed by atoms with Crippen LogP contribution in [0.2, 0.25) is 0 Å². The number of anilines is 2. The Morgan fingerprint density at radius 2 is 2.31 bits per heavy atom. The van der Waals surface area contributed by atoms with Crippen molar-refractivity contribution in [1.82, 2.24) is 0 Å². The van der Waals surface area contributed by atoms with Gasteiger partial charge in [-0.3, -0.25) is 4.79 Å². The Hall–Kier alpha value is -1.23. The summed E-state index contributed by atoms with van der Waals surface area (Å²) in [7, 11) is 0. The first-order valence-corrected chi connectivity index (χ1v) is 5.87. The minimum atomic E-state index is -0.205. The highest BCUT2D eigenvalue weighted by molar-refractivity contribution is 9.10. The first-order chi connectivity index (χ1) is 7.63. The maximum Gasteiger partial charge on any atom is 0.307 e. The number of benzene rings is 1. The van der Waals surface area contributed by atoms with Gasteiger partial charge in [-0.15, -0.1) is 0 Å². The molecule has 0 amide bonds. The van der Waals surface area contributed by atoms with Crippen LogP contribution in [0.25, 0.3) is 0 Å². The molecule has 1 aromatic rings. The molecule has 1 aromatic carbocycles. The summed E-state index contributed by atoms with van der Waals surface area (Å²) in [6, 6.07) is 5.54. The van der Waals surface area contributed by atoms with E-state index in [1.165, 1.54) is 0 Å². The monoisotopic (exact) mass is 286 g/mol. The molecule has 0 saturated carbocycles. The Bertz CT molecular complexity index is 369. The van der Waals surface area contributed by atoms with E-state index in [2.05, 4.69) is 21.2 Å². The molecule has 0 unspecified atom stereocenters. The van der Waals surface area contributed by atoms with Crippen LogP contribution in [0.4, 0.5) is 11.4 Å². The lowest BCUT2D eigenvalue weighted by atomic mass is 10.2. The molecule has 0 bridgehead atoms. The van der Waals surface area contributed by atoms with E-state index in [1.54, 1.807) is 13.0 Å². The third-order valence-corrected chi connectivity index (χ3v) is 2.46. The fourth-order valence-corrected chi connectivity index (χ4v) is 1.58. The van der Waals surface area contributed by atoms with E-state index in [0.29, 0.717) is 25.3 Å². The van der Waals surface area contributed by atoms with Gasteiger partial charge in [0.15, 0.2) is 0 Å². The number of ether oxygens (including phenoxy) is 1. The van der Waals surface area contributed by atoms with Gasteiger partial charge in [0, 0.05) is 11.0 Å². The average molecular weight is 287 g/mol. The predicted molar refractivity (Wildman–Crippen MR) is 68.3 cm³/mol. The van der Waals surface area contributed by atoms with Crippen molar-refractivity contribution in [3.8, 4) is 0 Å². The summed E-state index contributed by atoms with van der Waals surface area (Å²) in [6.45, 7) is 2.72. The molecule has 0 saturated heterocycles. The fourth-order valence-electron chi connectivity index (χ4n) is 1.21. The number of esters is 1. The minimum absolute atomic E-state index is 0.205. The van der Waals surface area contributed by atoms with E-state index < -0.39 is 0 Å². The number of rotatable bonds is 5. The lowest BCUT2D eigenvalue weighted by Crippen LogP contribution is -2.12. The number of nitrogens with two attached hydrogens (primary N) is 1. The molecule has 0 atom stereocenters. The van der Waals surface area contributed by atoms with Crippen LogP contribution in [0.1, 0.15) is 13.3 Å². The first-order valence-electron chi connectivity index (χ1n) is 5.08. The van der Waals surface area contributed by atoms with Crippen LogP contribution in [0.3, 0.4) is 0 Å². The smallest absolute Gasteiger partial charge is 0.307 e. The zero-order valence-corrected chi connectivity index (χ0v) is 10.7. The molecule has 3 N–H and O–H groups in total. The van der Waals surface area contributed by atoms with Gasteiger partial charge in [-0.1, -0.05) is 15.9 Å². The molecular formula is C11H15BrN2O2. The highest BCUT2D eigenvalue weighted by Gasteiger charge is 2.03. The third kappa shape index (κ3) is 4.10. The molecule has 88 valence electrons. The maximum absolute atomic E-state index is 11.1. The normalized spacial score (nSPS) is 9.88. The maximum atomic E-state index is 11.1. The molecule has 16 heavy (non-hydrogen) atoms. The summed E-state index contributed by atoms with van der Waals surface area (Å²) in [5.74, 6) is -0.205. The van der Waals surface area contributed by atoms with E-state index in [4.69, 9.17) is 10.5 Å². The molecule has 4 nitrogen and oxygen atoms in total. The summed E-state index contributed by atoms with van der Waals surface area (Å²) in [5.41, 5.74) is 7.24. The van der Waals surface area contributed by atoms with E-state index in [-0.39, 0.29) is 5.97 Å². The number of nitrogens with one attached hydrogen (secondary N) is 1. The quantitative estimate of drug-likeness (QED) is 0.644. The van der Waals surface area contributed by atoms with Crippen LogP contribution in [0.15, 0.2) is 22.7 Å². The van der Waals surface area contributed by atoms with Gasteiger partial charge >= 0.3 is 5.97 Å². The van der Waals surface area contributed by atoms with Crippen molar-refractivity contribution >= 4 is 33.3 Å². The molecule has 1 rings (SSSR count). The van der Waals surface area contributed by atoms with Crippen LogP contribution < -0.4 is 11.1 Å². The average Bonchev–Trinajstić information content (AvgIpc) is 2.23. The van der Waals surface area contributed by atoms with Crippen molar-refractivity contribution in [3.63, 3.8) is 0 Å². The van der Waals surface area contributed by atoms with Crippen LogP contribution in [-0.4, -0.2) is 19.1 Å². The van der Waals surface area contributed by atoms with Gasteiger partial charge in [0.25, 0.3) is 0 Å². The lowest BCUT2D eigenvalue weighted by Gasteiger charge is -2.09. The van der Waals surface area contributed by atoms with Gasteiger partial charge in [-0.2, -0.15) is 0 Å². The number of carbonyl (C=O) groups is 1. The van der Waals surface area contributed by atoms with E-state index in [0.717, 1.165) is 10.2 Å². The fraction of sp³-hybridized carbons (Fsp3) is 0.364. The van der Waals surface area contributed by atoms with Crippen molar-refractivity contribution in [1.29, 1.82) is 0 Å². The summed E-state index contributed by atoms with van der Waals surface area (Å²) < 4.78 is 5.76. The molecule has 0 aliphatic heterocycles. The van der Waals surface area contributed by atoms with Crippen molar-refractivity contribution in [2.45, 2.75) is 13.3 Å². The summed E-state index contributed by atoms with van der Waals surface area (Å²) in [5, 5.41) is 3.09. The Labute approximate surface area is 103 Å². The van der Waals surface area contributed by atoms with Gasteiger partial charge < -0.3 is 15.8 Å². The molecule has 0 aromatic heterocycles. The number of hydrogen-bond donors (Lipinski definition) is 2. The Morgan fingerprint density at radius 1 is 1.56 bits per heavy atom. The molecule has 0 heterocycles. The van der Waals surface area contributed by atoms with Crippen LogP contribution in [0.5, 0.6) is 0 Å². The van der Waals surface area contributed by atoms with Gasteiger partial charge in [0.2, 0.25) is 0 Å². The van der Waals surface area contributed by atoms with Crippen LogP contribution >= 0.6 is 15.9 Å². The molecule has 0 aliphatic rings. The zero-order valence-electron chi connectivity index (χ0n) is 9.13.